The minimum Gasteiger partial charge on any atom is -0.496 e. The molecule has 4 nitrogen and oxygen atoms in total. The second-order valence-electron chi connectivity index (χ2n) is 3.51. The normalized spacial score (nSPS) is 9.88. The lowest BCUT2D eigenvalue weighted by Gasteiger charge is -2.10. The first-order valence-corrected chi connectivity index (χ1v) is 5.73. The standard InChI is InChI=1S/C12H13BrO4/c1-7(14)4-8-5-11(16-2)9(6-10(8)13)12(15)17-3/h5-6H,4H2,1-3H3. The van der Waals surface area contributed by atoms with Gasteiger partial charge in [0.25, 0.3) is 0 Å². The van der Waals surface area contributed by atoms with E-state index in [1.165, 1.54) is 21.1 Å². The summed E-state index contributed by atoms with van der Waals surface area (Å²) in [5.41, 5.74) is 1.11. The molecule has 0 radical (unpaired) electrons. The summed E-state index contributed by atoms with van der Waals surface area (Å²) in [7, 11) is 2.77. The van der Waals surface area contributed by atoms with Crippen LogP contribution in [0.4, 0.5) is 0 Å². The van der Waals surface area contributed by atoms with Crippen LogP contribution in [-0.2, 0) is 16.0 Å². The zero-order chi connectivity index (χ0) is 13.0. The van der Waals surface area contributed by atoms with Crippen LogP contribution in [0.2, 0.25) is 0 Å². The molecule has 0 spiro atoms. The Balaban J connectivity index is 3.24. The molecule has 0 unspecified atom stereocenters. The van der Waals surface area contributed by atoms with E-state index in [4.69, 9.17) is 4.74 Å². The van der Waals surface area contributed by atoms with Gasteiger partial charge in [0.1, 0.15) is 17.1 Å². The Kier molecular flexibility index (Phi) is 4.69. The van der Waals surface area contributed by atoms with Crippen LogP contribution in [0.5, 0.6) is 5.75 Å². The van der Waals surface area contributed by atoms with Crippen molar-refractivity contribution in [2.45, 2.75) is 13.3 Å². The highest BCUT2D eigenvalue weighted by atomic mass is 79.9. The van der Waals surface area contributed by atoms with Gasteiger partial charge in [-0.05, 0) is 24.6 Å². The maximum atomic E-state index is 11.5. The molecule has 0 atom stereocenters. The summed E-state index contributed by atoms with van der Waals surface area (Å²) in [6, 6.07) is 3.26. The fourth-order valence-corrected chi connectivity index (χ4v) is 1.92. The molecule has 0 heterocycles. The van der Waals surface area contributed by atoms with Crippen LogP contribution in [0.15, 0.2) is 16.6 Å². The molecule has 92 valence electrons. The first-order chi connectivity index (χ1) is 7.99. The van der Waals surface area contributed by atoms with Crippen molar-refractivity contribution in [3.05, 3.63) is 27.7 Å². The van der Waals surface area contributed by atoms with Gasteiger partial charge in [-0.25, -0.2) is 4.79 Å². The minimum absolute atomic E-state index is 0.0403. The van der Waals surface area contributed by atoms with Crippen molar-refractivity contribution >= 4 is 27.7 Å². The maximum Gasteiger partial charge on any atom is 0.341 e. The number of carbonyl (C=O) groups is 2. The highest BCUT2D eigenvalue weighted by Gasteiger charge is 2.16. The Morgan fingerprint density at radius 3 is 2.41 bits per heavy atom. The lowest BCUT2D eigenvalue weighted by atomic mass is 10.1. The molecule has 0 saturated carbocycles. The summed E-state index contributed by atoms with van der Waals surface area (Å²) in [6.45, 7) is 1.51. The fraction of sp³-hybridized carbons (Fsp3) is 0.333. The summed E-state index contributed by atoms with van der Waals surface area (Å²) in [6.07, 6.45) is 0.290. The molecule has 0 bridgehead atoms. The predicted molar refractivity (Wildman–Crippen MR) is 66.4 cm³/mol. The number of carbonyl (C=O) groups excluding carboxylic acids is 2. The molecular formula is C12H13BrO4. The summed E-state index contributed by atoms with van der Waals surface area (Å²) in [5, 5.41) is 0. The van der Waals surface area contributed by atoms with Gasteiger partial charge in [-0.15, -0.1) is 0 Å². The third-order valence-electron chi connectivity index (χ3n) is 2.21. The van der Waals surface area contributed by atoms with Gasteiger partial charge in [-0.2, -0.15) is 0 Å². The Labute approximate surface area is 108 Å². The van der Waals surface area contributed by atoms with Gasteiger partial charge in [0, 0.05) is 10.9 Å². The Morgan fingerprint density at radius 1 is 1.29 bits per heavy atom. The molecule has 1 rings (SSSR count). The van der Waals surface area contributed by atoms with Crippen LogP contribution in [-0.4, -0.2) is 26.0 Å². The van der Waals surface area contributed by atoms with Crippen molar-refractivity contribution in [3.8, 4) is 5.75 Å². The van der Waals surface area contributed by atoms with Crippen molar-refractivity contribution < 1.29 is 19.1 Å². The average Bonchev–Trinajstić information content (AvgIpc) is 2.29. The van der Waals surface area contributed by atoms with E-state index in [1.54, 1.807) is 12.1 Å². The molecule has 0 aliphatic carbocycles. The molecular weight excluding hydrogens is 288 g/mol. The third kappa shape index (κ3) is 3.30. The highest BCUT2D eigenvalue weighted by molar-refractivity contribution is 9.10. The number of hydrogen-bond acceptors (Lipinski definition) is 4. The van der Waals surface area contributed by atoms with E-state index in [9.17, 15) is 9.59 Å². The number of methoxy groups -OCH3 is 2. The minimum atomic E-state index is -0.475. The maximum absolute atomic E-state index is 11.5. The molecule has 0 aliphatic rings. The molecule has 5 heteroatoms. The number of Topliss-reactive ketones (excluding diaryl/α,β-unsaturated/α-hetero) is 1. The molecule has 17 heavy (non-hydrogen) atoms. The largest absolute Gasteiger partial charge is 0.496 e. The SMILES string of the molecule is COC(=O)c1cc(Br)c(CC(C)=O)cc1OC. The number of rotatable bonds is 4. The number of hydrogen-bond donors (Lipinski definition) is 0. The topological polar surface area (TPSA) is 52.6 Å². The van der Waals surface area contributed by atoms with Crippen LogP contribution in [0.3, 0.4) is 0 Å². The lowest BCUT2D eigenvalue weighted by molar-refractivity contribution is -0.116. The Morgan fingerprint density at radius 2 is 1.94 bits per heavy atom. The summed E-state index contributed by atoms with van der Waals surface area (Å²) in [5.74, 6) is -0.0354. The van der Waals surface area contributed by atoms with Gasteiger partial charge >= 0.3 is 5.97 Å². The van der Waals surface area contributed by atoms with E-state index in [0.717, 1.165) is 5.56 Å². The predicted octanol–water partition coefficient (Wildman–Crippen LogP) is 2.38. The fourth-order valence-electron chi connectivity index (χ4n) is 1.44. The van der Waals surface area contributed by atoms with Crippen LogP contribution < -0.4 is 4.74 Å². The number of benzene rings is 1. The first-order valence-electron chi connectivity index (χ1n) is 4.93. The Hall–Kier alpha value is -1.36. The van der Waals surface area contributed by atoms with E-state index < -0.39 is 5.97 Å². The summed E-state index contributed by atoms with van der Waals surface area (Å²) >= 11 is 3.32. The molecule has 0 saturated heterocycles. The molecule has 0 amide bonds. The van der Waals surface area contributed by atoms with E-state index in [1.807, 2.05) is 0 Å². The van der Waals surface area contributed by atoms with E-state index in [-0.39, 0.29) is 5.78 Å². The van der Waals surface area contributed by atoms with Crippen molar-refractivity contribution in [1.29, 1.82) is 0 Å². The van der Waals surface area contributed by atoms with Crippen molar-refractivity contribution in [2.75, 3.05) is 14.2 Å². The van der Waals surface area contributed by atoms with Gasteiger partial charge in [-0.1, -0.05) is 15.9 Å². The lowest BCUT2D eigenvalue weighted by Crippen LogP contribution is -2.06. The van der Waals surface area contributed by atoms with Crippen LogP contribution in [0, 0.1) is 0 Å². The van der Waals surface area contributed by atoms with Crippen LogP contribution >= 0.6 is 15.9 Å². The third-order valence-corrected chi connectivity index (χ3v) is 2.95. The van der Waals surface area contributed by atoms with Gasteiger partial charge < -0.3 is 9.47 Å². The van der Waals surface area contributed by atoms with Gasteiger partial charge in [0.05, 0.1) is 14.2 Å². The van der Waals surface area contributed by atoms with Crippen LogP contribution in [0.25, 0.3) is 0 Å². The summed E-state index contributed by atoms with van der Waals surface area (Å²) in [4.78, 5) is 22.6. The second-order valence-corrected chi connectivity index (χ2v) is 4.37. The van der Waals surface area contributed by atoms with Gasteiger partial charge in [-0.3, -0.25) is 4.79 Å². The van der Waals surface area contributed by atoms with E-state index in [0.29, 0.717) is 22.2 Å². The zero-order valence-electron chi connectivity index (χ0n) is 9.87. The molecule has 0 fully saturated rings. The smallest absolute Gasteiger partial charge is 0.341 e. The van der Waals surface area contributed by atoms with Crippen molar-refractivity contribution in [2.24, 2.45) is 0 Å². The van der Waals surface area contributed by atoms with Gasteiger partial charge in [0.2, 0.25) is 0 Å². The van der Waals surface area contributed by atoms with E-state index in [2.05, 4.69) is 20.7 Å². The number of halogens is 1. The monoisotopic (exact) mass is 300 g/mol. The average molecular weight is 301 g/mol. The van der Waals surface area contributed by atoms with Gasteiger partial charge in [0.15, 0.2) is 0 Å². The quantitative estimate of drug-likeness (QED) is 0.801. The van der Waals surface area contributed by atoms with Crippen molar-refractivity contribution in [3.63, 3.8) is 0 Å². The number of ketones is 1. The Bertz CT molecular complexity index is 454. The molecule has 1 aromatic carbocycles. The molecule has 1 aromatic rings. The van der Waals surface area contributed by atoms with Crippen LogP contribution in [0.1, 0.15) is 22.8 Å². The zero-order valence-corrected chi connectivity index (χ0v) is 11.5. The molecule has 0 N–H and O–H groups in total. The van der Waals surface area contributed by atoms with Crippen molar-refractivity contribution in [1.82, 2.24) is 0 Å². The highest BCUT2D eigenvalue weighted by Crippen LogP contribution is 2.28. The van der Waals surface area contributed by atoms with E-state index >= 15 is 0 Å². The molecule has 0 aliphatic heterocycles. The summed E-state index contributed by atoms with van der Waals surface area (Å²) < 4.78 is 10.4. The molecule has 0 aromatic heterocycles. The number of esters is 1. The number of ether oxygens (including phenoxy) is 2. The second kappa shape index (κ2) is 5.82. The first kappa shape index (κ1) is 13.7.